The van der Waals surface area contributed by atoms with E-state index in [0.717, 1.165) is 32.1 Å². The third-order valence-electron chi connectivity index (χ3n) is 3.16. The molecule has 0 aromatic heterocycles. The van der Waals surface area contributed by atoms with Crippen molar-refractivity contribution >= 4 is 5.97 Å². The number of nitrogens with zero attached hydrogens (tertiary/aromatic N) is 1. The molecule has 0 spiro atoms. The number of nitro groups is 1. The van der Waals surface area contributed by atoms with Crippen LogP contribution < -0.4 is 5.32 Å². The monoisotopic (exact) mass is 244 g/mol. The molecule has 0 amide bonds. The SMILES string of the molecule is CCOC(=O)CNC1(C[N+](=O)[O-])CCCCC1. The van der Waals surface area contributed by atoms with Crippen LogP contribution in [-0.2, 0) is 9.53 Å². The number of carbonyl (C=O) groups is 1. The van der Waals surface area contributed by atoms with Crippen molar-refractivity contribution in [2.24, 2.45) is 0 Å². The second-order valence-corrected chi connectivity index (χ2v) is 4.49. The highest BCUT2D eigenvalue weighted by Crippen LogP contribution is 2.28. The van der Waals surface area contributed by atoms with Crippen LogP contribution in [0.4, 0.5) is 0 Å². The zero-order valence-corrected chi connectivity index (χ0v) is 10.2. The molecule has 98 valence electrons. The van der Waals surface area contributed by atoms with E-state index in [0.29, 0.717) is 6.61 Å². The Morgan fingerprint density at radius 3 is 2.59 bits per heavy atom. The van der Waals surface area contributed by atoms with Crippen molar-refractivity contribution in [1.82, 2.24) is 5.32 Å². The van der Waals surface area contributed by atoms with Crippen LogP contribution in [-0.4, -0.2) is 36.1 Å². The molecular formula is C11H20N2O4. The summed E-state index contributed by atoms with van der Waals surface area (Å²) in [6.45, 7) is 2.02. The molecule has 0 saturated heterocycles. The lowest BCUT2D eigenvalue weighted by Crippen LogP contribution is -2.53. The largest absolute Gasteiger partial charge is 0.465 e. The number of hydrogen-bond donors (Lipinski definition) is 1. The van der Waals surface area contributed by atoms with Gasteiger partial charge in [0.25, 0.3) is 0 Å². The maximum atomic E-state index is 11.3. The van der Waals surface area contributed by atoms with Gasteiger partial charge in [-0.25, -0.2) is 0 Å². The summed E-state index contributed by atoms with van der Waals surface area (Å²) in [6, 6.07) is 0. The average molecular weight is 244 g/mol. The summed E-state index contributed by atoms with van der Waals surface area (Å²) in [5.41, 5.74) is -0.519. The van der Waals surface area contributed by atoms with E-state index in [4.69, 9.17) is 4.74 Å². The minimum atomic E-state index is -0.519. The fourth-order valence-electron chi connectivity index (χ4n) is 2.34. The van der Waals surface area contributed by atoms with Crippen LogP contribution in [0.2, 0.25) is 0 Å². The van der Waals surface area contributed by atoms with E-state index in [9.17, 15) is 14.9 Å². The van der Waals surface area contributed by atoms with Crippen molar-refractivity contribution in [3.8, 4) is 0 Å². The van der Waals surface area contributed by atoms with Crippen LogP contribution in [0.1, 0.15) is 39.0 Å². The van der Waals surface area contributed by atoms with Crippen molar-refractivity contribution in [1.29, 1.82) is 0 Å². The van der Waals surface area contributed by atoms with Crippen LogP contribution in [0, 0.1) is 10.1 Å². The first-order chi connectivity index (χ1) is 8.08. The maximum absolute atomic E-state index is 11.3. The Morgan fingerprint density at radius 2 is 2.06 bits per heavy atom. The first-order valence-corrected chi connectivity index (χ1v) is 6.10. The van der Waals surface area contributed by atoms with Crippen molar-refractivity contribution < 1.29 is 14.5 Å². The van der Waals surface area contributed by atoms with Crippen LogP contribution >= 0.6 is 0 Å². The minimum Gasteiger partial charge on any atom is -0.465 e. The summed E-state index contributed by atoms with van der Waals surface area (Å²) < 4.78 is 4.81. The third-order valence-corrected chi connectivity index (χ3v) is 3.16. The van der Waals surface area contributed by atoms with Gasteiger partial charge in [0.2, 0.25) is 6.54 Å². The van der Waals surface area contributed by atoms with Gasteiger partial charge in [-0.05, 0) is 19.8 Å². The maximum Gasteiger partial charge on any atom is 0.319 e. The van der Waals surface area contributed by atoms with E-state index in [1.54, 1.807) is 6.92 Å². The lowest BCUT2D eigenvalue weighted by molar-refractivity contribution is -0.492. The highest BCUT2D eigenvalue weighted by molar-refractivity contribution is 5.71. The smallest absolute Gasteiger partial charge is 0.319 e. The predicted molar refractivity (Wildman–Crippen MR) is 62.3 cm³/mol. The second-order valence-electron chi connectivity index (χ2n) is 4.49. The second kappa shape index (κ2) is 6.54. The Bertz CT molecular complexity index is 275. The van der Waals surface area contributed by atoms with Crippen molar-refractivity contribution in [2.45, 2.75) is 44.6 Å². The van der Waals surface area contributed by atoms with E-state index >= 15 is 0 Å². The Kier molecular flexibility index (Phi) is 5.34. The van der Waals surface area contributed by atoms with Crippen molar-refractivity contribution in [3.63, 3.8) is 0 Å². The molecular weight excluding hydrogens is 224 g/mol. The Morgan fingerprint density at radius 1 is 1.41 bits per heavy atom. The van der Waals surface area contributed by atoms with Gasteiger partial charge in [-0.3, -0.25) is 20.2 Å². The summed E-state index contributed by atoms with van der Waals surface area (Å²) in [6.07, 6.45) is 4.58. The highest BCUT2D eigenvalue weighted by Gasteiger charge is 2.37. The van der Waals surface area contributed by atoms with Crippen molar-refractivity contribution in [2.75, 3.05) is 19.7 Å². The average Bonchev–Trinajstić information content (AvgIpc) is 2.27. The van der Waals surface area contributed by atoms with E-state index in [1.807, 2.05) is 0 Å². The molecule has 1 aliphatic carbocycles. The molecule has 0 atom stereocenters. The molecule has 0 aromatic rings. The normalized spacial score (nSPS) is 18.6. The van der Waals surface area contributed by atoms with Crippen LogP contribution in [0.3, 0.4) is 0 Å². The quantitative estimate of drug-likeness (QED) is 0.430. The topological polar surface area (TPSA) is 81.5 Å². The molecule has 1 aliphatic rings. The standard InChI is InChI=1S/C11H20N2O4/c1-2-17-10(14)8-12-11(9-13(15)16)6-4-3-5-7-11/h12H,2-9H2,1H3. The molecule has 6 nitrogen and oxygen atoms in total. The molecule has 0 radical (unpaired) electrons. The predicted octanol–water partition coefficient (Wildman–Crippen LogP) is 1.12. The number of ether oxygens (including phenoxy) is 1. The Hall–Kier alpha value is -1.17. The van der Waals surface area contributed by atoms with E-state index in [2.05, 4.69) is 5.32 Å². The molecule has 0 unspecified atom stereocenters. The molecule has 0 aliphatic heterocycles. The van der Waals surface area contributed by atoms with Gasteiger partial charge < -0.3 is 4.74 Å². The summed E-state index contributed by atoms with van der Waals surface area (Å²) >= 11 is 0. The molecule has 6 heteroatoms. The van der Waals surface area contributed by atoms with Gasteiger partial charge in [0.1, 0.15) is 0 Å². The number of esters is 1. The van der Waals surface area contributed by atoms with Gasteiger partial charge in [-0.15, -0.1) is 0 Å². The lowest BCUT2D eigenvalue weighted by Gasteiger charge is -2.34. The summed E-state index contributed by atoms with van der Waals surface area (Å²) in [4.78, 5) is 21.6. The Balaban J connectivity index is 2.51. The molecule has 1 saturated carbocycles. The summed E-state index contributed by atoms with van der Waals surface area (Å²) in [5, 5.41) is 13.7. The summed E-state index contributed by atoms with van der Waals surface area (Å²) in [7, 11) is 0. The number of hydrogen-bond acceptors (Lipinski definition) is 5. The van der Waals surface area contributed by atoms with Gasteiger partial charge in [0.15, 0.2) is 0 Å². The number of rotatable bonds is 6. The first kappa shape index (κ1) is 13.9. The first-order valence-electron chi connectivity index (χ1n) is 6.10. The van der Waals surface area contributed by atoms with Crippen LogP contribution in [0.5, 0.6) is 0 Å². The third kappa shape index (κ3) is 4.68. The molecule has 17 heavy (non-hydrogen) atoms. The van der Waals surface area contributed by atoms with Gasteiger partial charge in [0.05, 0.1) is 18.7 Å². The van der Waals surface area contributed by atoms with Crippen LogP contribution in [0.25, 0.3) is 0 Å². The Labute approximate surface area is 101 Å². The fraction of sp³-hybridized carbons (Fsp3) is 0.909. The van der Waals surface area contributed by atoms with Gasteiger partial charge in [0, 0.05) is 4.92 Å². The number of nitrogens with one attached hydrogen (secondary N) is 1. The molecule has 1 fully saturated rings. The summed E-state index contributed by atoms with van der Waals surface area (Å²) in [5.74, 6) is -0.346. The zero-order chi connectivity index (χ0) is 12.7. The molecule has 0 aromatic carbocycles. The minimum absolute atomic E-state index is 0.0572. The molecule has 0 bridgehead atoms. The van der Waals surface area contributed by atoms with E-state index in [1.165, 1.54) is 0 Å². The van der Waals surface area contributed by atoms with Gasteiger partial charge in [-0.2, -0.15) is 0 Å². The van der Waals surface area contributed by atoms with E-state index in [-0.39, 0.29) is 24.0 Å². The van der Waals surface area contributed by atoms with Crippen LogP contribution in [0.15, 0.2) is 0 Å². The fourth-order valence-corrected chi connectivity index (χ4v) is 2.34. The van der Waals surface area contributed by atoms with Gasteiger partial charge >= 0.3 is 5.97 Å². The molecule has 0 heterocycles. The zero-order valence-electron chi connectivity index (χ0n) is 10.2. The molecule has 1 rings (SSSR count). The lowest BCUT2D eigenvalue weighted by atomic mass is 9.81. The van der Waals surface area contributed by atoms with Crippen molar-refractivity contribution in [3.05, 3.63) is 10.1 Å². The molecule has 1 N–H and O–H groups in total. The van der Waals surface area contributed by atoms with E-state index < -0.39 is 5.54 Å². The highest BCUT2D eigenvalue weighted by atomic mass is 16.6. The van der Waals surface area contributed by atoms with Gasteiger partial charge in [-0.1, -0.05) is 19.3 Å². The number of carbonyl (C=O) groups excluding carboxylic acids is 1.